The Morgan fingerprint density at radius 3 is 1.76 bits per heavy atom. The number of hydrogen-bond acceptors (Lipinski definition) is 3. The standard InChI is InChI=1S/C51H40N2S/c1-49(2)50(3,4)54-48(53-49)46-28-26-37(32-52-46)43-31-45-47(41-22-14-13-21-40(41)43)42-27-25-36(35-24-23-33-15-11-12-16-34(33)29-35)30-44(42)51(45,38-17-7-5-8-18-38)39-19-9-6-10-20-39/h5-32H,1-4H3. The minimum absolute atomic E-state index is 0.000246. The van der Waals surface area contributed by atoms with E-state index in [1.165, 1.54) is 71.6 Å². The molecule has 1 aliphatic heterocycles. The molecule has 0 atom stereocenters. The number of fused-ring (bicyclic) bond motifs is 6. The highest BCUT2D eigenvalue weighted by Crippen LogP contribution is 2.59. The molecule has 0 amide bonds. The summed E-state index contributed by atoms with van der Waals surface area (Å²) in [6.07, 6.45) is 2.05. The van der Waals surface area contributed by atoms with Gasteiger partial charge in [0.05, 0.1) is 16.6 Å². The molecule has 0 unspecified atom stereocenters. The molecule has 0 spiro atoms. The van der Waals surface area contributed by atoms with E-state index in [-0.39, 0.29) is 10.3 Å². The molecule has 1 aliphatic carbocycles. The van der Waals surface area contributed by atoms with Gasteiger partial charge in [-0.15, -0.1) is 0 Å². The van der Waals surface area contributed by atoms with E-state index in [9.17, 15) is 0 Å². The summed E-state index contributed by atoms with van der Waals surface area (Å²) in [5.41, 5.74) is 12.6. The Labute approximate surface area is 321 Å². The maximum Gasteiger partial charge on any atom is 0.117 e. The Hall–Kier alpha value is -5.77. The number of benzene rings is 7. The second-order valence-electron chi connectivity index (χ2n) is 15.7. The van der Waals surface area contributed by atoms with Gasteiger partial charge in [-0.2, -0.15) is 0 Å². The number of thioether (sulfide) groups is 1. The molecule has 0 radical (unpaired) electrons. The van der Waals surface area contributed by atoms with Crippen LogP contribution in [0.2, 0.25) is 0 Å². The Balaban J connectivity index is 1.24. The lowest BCUT2D eigenvalue weighted by atomic mass is 9.67. The van der Waals surface area contributed by atoms with E-state index >= 15 is 0 Å². The third-order valence-corrected chi connectivity index (χ3v) is 13.6. The Bertz CT molecular complexity index is 2740. The van der Waals surface area contributed by atoms with Crippen LogP contribution in [0.4, 0.5) is 0 Å². The zero-order valence-electron chi connectivity index (χ0n) is 31.0. The van der Waals surface area contributed by atoms with Crippen molar-refractivity contribution in [1.82, 2.24) is 4.98 Å². The lowest BCUT2D eigenvalue weighted by molar-refractivity contribution is 0.426. The lowest BCUT2D eigenvalue weighted by Crippen LogP contribution is -2.36. The number of aliphatic imine (C=N–C) groups is 1. The smallest absolute Gasteiger partial charge is 0.117 e. The summed E-state index contributed by atoms with van der Waals surface area (Å²) in [4.78, 5) is 10.2. The van der Waals surface area contributed by atoms with Crippen LogP contribution in [0.3, 0.4) is 0 Å². The molecule has 2 heterocycles. The molecule has 0 fully saturated rings. The zero-order chi connectivity index (χ0) is 36.7. The first kappa shape index (κ1) is 32.8. The molecule has 0 saturated carbocycles. The topological polar surface area (TPSA) is 25.2 Å². The van der Waals surface area contributed by atoms with E-state index in [0.29, 0.717) is 0 Å². The van der Waals surface area contributed by atoms with Crippen LogP contribution in [0.15, 0.2) is 175 Å². The van der Waals surface area contributed by atoms with E-state index in [2.05, 4.69) is 198 Å². The molecule has 2 aliphatic rings. The molecule has 2 nitrogen and oxygen atoms in total. The van der Waals surface area contributed by atoms with Crippen LogP contribution in [-0.2, 0) is 5.41 Å². The summed E-state index contributed by atoms with van der Waals surface area (Å²) in [6, 6.07) is 60.6. The van der Waals surface area contributed by atoms with Gasteiger partial charge in [0.15, 0.2) is 0 Å². The van der Waals surface area contributed by atoms with E-state index in [4.69, 9.17) is 9.98 Å². The number of rotatable bonds is 5. The van der Waals surface area contributed by atoms with Crippen molar-refractivity contribution < 1.29 is 0 Å². The van der Waals surface area contributed by atoms with Gasteiger partial charge >= 0.3 is 0 Å². The highest BCUT2D eigenvalue weighted by molar-refractivity contribution is 8.15. The van der Waals surface area contributed by atoms with Gasteiger partial charge in [0.1, 0.15) is 5.04 Å². The minimum Gasteiger partial charge on any atom is -0.269 e. The van der Waals surface area contributed by atoms with E-state index in [1.807, 2.05) is 11.8 Å². The Kier molecular flexibility index (Phi) is 7.38. The van der Waals surface area contributed by atoms with Gasteiger partial charge in [-0.1, -0.05) is 151 Å². The quantitative estimate of drug-likeness (QED) is 0.177. The lowest BCUT2D eigenvalue weighted by Gasteiger charge is -2.34. The summed E-state index contributed by atoms with van der Waals surface area (Å²) < 4.78 is 0.000246. The molecule has 10 rings (SSSR count). The van der Waals surface area contributed by atoms with Crippen LogP contribution >= 0.6 is 11.8 Å². The van der Waals surface area contributed by atoms with Crippen LogP contribution in [0.25, 0.3) is 54.9 Å². The van der Waals surface area contributed by atoms with Gasteiger partial charge in [-0.3, -0.25) is 9.98 Å². The fourth-order valence-electron chi connectivity index (χ4n) is 8.70. The predicted octanol–water partition coefficient (Wildman–Crippen LogP) is 13.1. The van der Waals surface area contributed by atoms with E-state index in [1.54, 1.807) is 0 Å². The Morgan fingerprint density at radius 2 is 1.09 bits per heavy atom. The van der Waals surface area contributed by atoms with Crippen LogP contribution in [0.5, 0.6) is 0 Å². The molecule has 0 bridgehead atoms. The number of aromatic nitrogens is 1. The highest BCUT2D eigenvalue weighted by atomic mass is 32.2. The van der Waals surface area contributed by atoms with Gasteiger partial charge in [0.2, 0.25) is 0 Å². The molecule has 260 valence electrons. The van der Waals surface area contributed by atoms with Crippen LogP contribution in [-0.4, -0.2) is 20.3 Å². The molecule has 3 heteroatoms. The zero-order valence-corrected chi connectivity index (χ0v) is 31.8. The summed E-state index contributed by atoms with van der Waals surface area (Å²) in [5.74, 6) is 0. The molecular formula is C51H40N2S. The third-order valence-electron chi connectivity index (χ3n) is 12.1. The third kappa shape index (κ3) is 4.88. The van der Waals surface area contributed by atoms with E-state index in [0.717, 1.165) is 16.3 Å². The first-order chi connectivity index (χ1) is 26.2. The van der Waals surface area contributed by atoms with E-state index < -0.39 is 5.41 Å². The fourth-order valence-corrected chi connectivity index (χ4v) is 9.98. The van der Waals surface area contributed by atoms with Crippen molar-refractivity contribution >= 4 is 38.4 Å². The maximum atomic E-state index is 5.11. The highest BCUT2D eigenvalue weighted by Gasteiger charge is 2.48. The van der Waals surface area contributed by atoms with Crippen molar-refractivity contribution in [2.24, 2.45) is 4.99 Å². The van der Waals surface area contributed by atoms with Gasteiger partial charge in [-0.25, -0.2) is 0 Å². The summed E-state index contributed by atoms with van der Waals surface area (Å²) >= 11 is 1.82. The van der Waals surface area contributed by atoms with Crippen molar-refractivity contribution in [2.45, 2.75) is 43.4 Å². The molecule has 8 aromatic rings. The molecule has 54 heavy (non-hydrogen) atoms. The monoisotopic (exact) mass is 712 g/mol. The summed E-state index contributed by atoms with van der Waals surface area (Å²) in [6.45, 7) is 8.97. The average molecular weight is 713 g/mol. The molecule has 0 N–H and O–H groups in total. The summed E-state index contributed by atoms with van der Waals surface area (Å²) in [7, 11) is 0. The Morgan fingerprint density at radius 1 is 0.481 bits per heavy atom. The van der Waals surface area contributed by atoms with Crippen LogP contribution in [0, 0.1) is 0 Å². The first-order valence-electron chi connectivity index (χ1n) is 18.8. The van der Waals surface area contributed by atoms with Crippen LogP contribution in [0.1, 0.15) is 55.6 Å². The van der Waals surface area contributed by atoms with Crippen molar-refractivity contribution in [3.63, 3.8) is 0 Å². The van der Waals surface area contributed by atoms with Gasteiger partial charge in [0.25, 0.3) is 0 Å². The van der Waals surface area contributed by atoms with Crippen LogP contribution < -0.4 is 0 Å². The van der Waals surface area contributed by atoms with Gasteiger partial charge < -0.3 is 0 Å². The summed E-state index contributed by atoms with van der Waals surface area (Å²) in [5, 5.41) is 5.99. The molecule has 1 aromatic heterocycles. The molecule has 7 aromatic carbocycles. The first-order valence-corrected chi connectivity index (χ1v) is 19.6. The predicted molar refractivity (Wildman–Crippen MR) is 230 cm³/mol. The average Bonchev–Trinajstić information content (AvgIpc) is 3.63. The SMILES string of the molecule is CC1(C)N=C(c2ccc(-c3cc4c(c5ccccc35)-c3ccc(-c5ccc6ccccc6c5)cc3C4(c3ccccc3)c3ccccc3)cn2)SC1(C)C. The largest absolute Gasteiger partial charge is 0.269 e. The molecule has 0 saturated heterocycles. The number of hydrogen-bond donors (Lipinski definition) is 0. The minimum atomic E-state index is -0.557. The second kappa shape index (κ2) is 12.1. The fraction of sp³-hybridized carbons (Fsp3) is 0.137. The van der Waals surface area contributed by atoms with Crippen molar-refractivity contribution in [2.75, 3.05) is 0 Å². The molecular weight excluding hydrogens is 673 g/mol. The maximum absolute atomic E-state index is 5.11. The normalized spacial score (nSPS) is 16.3. The van der Waals surface area contributed by atoms with Gasteiger partial charge in [0, 0.05) is 16.5 Å². The second-order valence-corrected chi connectivity index (χ2v) is 17.3. The van der Waals surface area contributed by atoms with Crippen molar-refractivity contribution in [3.05, 3.63) is 198 Å². The van der Waals surface area contributed by atoms with Gasteiger partial charge in [-0.05, 0) is 124 Å². The number of nitrogens with zero attached hydrogens (tertiary/aromatic N) is 2. The van der Waals surface area contributed by atoms with Crippen molar-refractivity contribution in [3.8, 4) is 33.4 Å². The van der Waals surface area contributed by atoms with Crippen molar-refractivity contribution in [1.29, 1.82) is 0 Å². The number of pyridine rings is 1.